The topological polar surface area (TPSA) is 49.4 Å². The van der Waals surface area contributed by atoms with E-state index >= 15 is 0 Å². The van der Waals surface area contributed by atoms with Crippen molar-refractivity contribution in [3.8, 4) is 0 Å². The van der Waals surface area contributed by atoms with Crippen molar-refractivity contribution in [2.45, 2.75) is 30.7 Å². The number of piperidine rings is 1. The molecule has 0 spiro atoms. The molecule has 2 amide bonds. The quantitative estimate of drug-likeness (QED) is 0.831. The molecule has 1 N–H and O–H groups in total. The van der Waals surface area contributed by atoms with Crippen LogP contribution in [0.5, 0.6) is 0 Å². The number of nitrogens with zero attached hydrogens (tertiary/aromatic N) is 1. The van der Waals surface area contributed by atoms with Gasteiger partial charge in [-0.15, -0.1) is 12.6 Å². The zero-order valence-corrected chi connectivity index (χ0v) is 15.1. The van der Waals surface area contributed by atoms with Gasteiger partial charge in [0, 0.05) is 29.6 Å². The minimum atomic E-state index is -0.103. The molecule has 0 radical (unpaired) electrons. The van der Waals surface area contributed by atoms with E-state index in [9.17, 15) is 9.59 Å². The minimum Gasteiger partial charge on any atom is -0.349 e. The van der Waals surface area contributed by atoms with Crippen molar-refractivity contribution in [3.63, 3.8) is 0 Å². The Balaban J connectivity index is 1.56. The summed E-state index contributed by atoms with van der Waals surface area (Å²) in [4.78, 5) is 27.5. The number of hydrogen-bond donors (Lipinski definition) is 2. The Bertz CT molecular complexity index is 783. The van der Waals surface area contributed by atoms with E-state index in [2.05, 4.69) is 17.9 Å². The Hall–Kier alpha value is -2.27. The second-order valence-corrected chi connectivity index (χ2v) is 6.91. The van der Waals surface area contributed by atoms with Crippen molar-refractivity contribution in [1.29, 1.82) is 0 Å². The van der Waals surface area contributed by atoms with Gasteiger partial charge in [-0.2, -0.15) is 0 Å². The minimum absolute atomic E-state index is 0.0641. The molecule has 1 fully saturated rings. The molecule has 2 aromatic rings. The molecule has 2 aromatic carbocycles. The van der Waals surface area contributed by atoms with Crippen LogP contribution < -0.4 is 5.32 Å². The fourth-order valence-electron chi connectivity index (χ4n) is 3.12. The molecule has 130 valence electrons. The van der Waals surface area contributed by atoms with Crippen molar-refractivity contribution >= 4 is 24.4 Å². The smallest absolute Gasteiger partial charge is 0.253 e. The summed E-state index contributed by atoms with van der Waals surface area (Å²) < 4.78 is 0. The molecule has 5 heteroatoms. The molecule has 0 saturated carbocycles. The third-order valence-corrected chi connectivity index (χ3v) is 4.92. The average molecular weight is 354 g/mol. The van der Waals surface area contributed by atoms with E-state index in [-0.39, 0.29) is 17.9 Å². The van der Waals surface area contributed by atoms with Gasteiger partial charge < -0.3 is 10.2 Å². The number of amides is 2. The summed E-state index contributed by atoms with van der Waals surface area (Å²) >= 11 is 4.33. The van der Waals surface area contributed by atoms with Crippen LogP contribution in [0.1, 0.15) is 39.1 Å². The van der Waals surface area contributed by atoms with Crippen molar-refractivity contribution in [2.75, 3.05) is 13.1 Å². The van der Waals surface area contributed by atoms with Crippen LogP contribution in [0.4, 0.5) is 0 Å². The number of benzene rings is 2. The van der Waals surface area contributed by atoms with E-state index in [0.29, 0.717) is 23.5 Å². The zero-order chi connectivity index (χ0) is 17.8. The number of likely N-dealkylation sites (tertiary alicyclic amines) is 1. The van der Waals surface area contributed by atoms with Crippen molar-refractivity contribution in [3.05, 3.63) is 65.2 Å². The standard InChI is InChI=1S/C20H22N2O2S/c1-14-5-4-6-15(13-14)20(24)22-11-9-16(10-12-22)21-19(23)17-7-2-3-8-18(17)25/h2-8,13,16,25H,9-12H2,1H3,(H,21,23). The summed E-state index contributed by atoms with van der Waals surface area (Å²) in [7, 11) is 0. The van der Waals surface area contributed by atoms with Crippen LogP contribution in [-0.4, -0.2) is 35.8 Å². The Labute approximate surface area is 153 Å². The normalized spacial score (nSPS) is 15.0. The zero-order valence-electron chi connectivity index (χ0n) is 14.2. The number of carbonyl (C=O) groups is 2. The van der Waals surface area contributed by atoms with Gasteiger partial charge in [0.2, 0.25) is 0 Å². The molecule has 0 aromatic heterocycles. The van der Waals surface area contributed by atoms with Crippen LogP contribution in [-0.2, 0) is 0 Å². The maximum atomic E-state index is 12.6. The molecule has 3 rings (SSSR count). The van der Waals surface area contributed by atoms with Gasteiger partial charge in [0.25, 0.3) is 11.8 Å². The van der Waals surface area contributed by atoms with Gasteiger partial charge in [-0.3, -0.25) is 9.59 Å². The Morgan fingerprint density at radius 3 is 2.48 bits per heavy atom. The average Bonchev–Trinajstić information content (AvgIpc) is 2.62. The number of thiol groups is 1. The monoisotopic (exact) mass is 354 g/mol. The highest BCUT2D eigenvalue weighted by Gasteiger charge is 2.25. The van der Waals surface area contributed by atoms with E-state index in [4.69, 9.17) is 0 Å². The number of rotatable bonds is 3. The van der Waals surface area contributed by atoms with E-state index in [1.807, 2.05) is 48.2 Å². The summed E-state index contributed by atoms with van der Waals surface area (Å²) in [5, 5.41) is 3.06. The van der Waals surface area contributed by atoms with Gasteiger partial charge in [-0.25, -0.2) is 0 Å². The summed E-state index contributed by atoms with van der Waals surface area (Å²) in [6, 6.07) is 15.0. The van der Waals surface area contributed by atoms with Crippen molar-refractivity contribution in [1.82, 2.24) is 10.2 Å². The maximum absolute atomic E-state index is 12.6. The molecule has 1 heterocycles. The highest BCUT2D eigenvalue weighted by Crippen LogP contribution is 2.17. The Morgan fingerprint density at radius 1 is 1.08 bits per heavy atom. The first-order valence-corrected chi connectivity index (χ1v) is 8.94. The van der Waals surface area contributed by atoms with Crippen molar-refractivity contribution < 1.29 is 9.59 Å². The Morgan fingerprint density at radius 2 is 1.80 bits per heavy atom. The molecule has 25 heavy (non-hydrogen) atoms. The molecule has 0 unspecified atom stereocenters. The second kappa shape index (κ2) is 7.74. The summed E-state index contributed by atoms with van der Waals surface area (Å²) in [5.74, 6) is -0.0387. The maximum Gasteiger partial charge on any atom is 0.253 e. The first kappa shape index (κ1) is 17.5. The lowest BCUT2D eigenvalue weighted by molar-refractivity contribution is 0.0698. The molecule has 0 aliphatic carbocycles. The fourth-order valence-corrected chi connectivity index (χ4v) is 3.38. The number of nitrogens with one attached hydrogen (secondary N) is 1. The molecule has 1 aliphatic heterocycles. The van der Waals surface area contributed by atoms with Crippen molar-refractivity contribution in [2.24, 2.45) is 0 Å². The van der Waals surface area contributed by atoms with Crippen LogP contribution in [0.15, 0.2) is 53.4 Å². The molecule has 1 aliphatic rings. The molecule has 1 saturated heterocycles. The molecule has 0 atom stereocenters. The van der Waals surface area contributed by atoms with Gasteiger partial charge in [0.1, 0.15) is 0 Å². The molecule has 4 nitrogen and oxygen atoms in total. The third kappa shape index (κ3) is 4.23. The summed E-state index contributed by atoms with van der Waals surface area (Å²) in [5.41, 5.74) is 2.40. The number of aryl methyl sites for hydroxylation is 1. The summed E-state index contributed by atoms with van der Waals surface area (Å²) in [6.45, 7) is 3.29. The molecular weight excluding hydrogens is 332 g/mol. The lowest BCUT2D eigenvalue weighted by Gasteiger charge is -2.32. The third-order valence-electron chi connectivity index (χ3n) is 4.53. The SMILES string of the molecule is Cc1cccc(C(=O)N2CCC(NC(=O)c3ccccc3S)CC2)c1. The second-order valence-electron chi connectivity index (χ2n) is 6.43. The number of hydrogen-bond acceptors (Lipinski definition) is 3. The van der Waals surface area contributed by atoms with E-state index in [1.54, 1.807) is 12.1 Å². The van der Waals surface area contributed by atoms with E-state index in [0.717, 1.165) is 24.0 Å². The highest BCUT2D eigenvalue weighted by atomic mass is 32.1. The van der Waals surface area contributed by atoms with Gasteiger partial charge in [-0.05, 0) is 44.0 Å². The van der Waals surface area contributed by atoms with Gasteiger partial charge in [0.15, 0.2) is 0 Å². The molecular formula is C20H22N2O2S. The van der Waals surface area contributed by atoms with Gasteiger partial charge >= 0.3 is 0 Å². The lowest BCUT2D eigenvalue weighted by Crippen LogP contribution is -2.46. The van der Waals surface area contributed by atoms with Crippen LogP contribution >= 0.6 is 12.6 Å². The van der Waals surface area contributed by atoms with Crippen LogP contribution in [0.3, 0.4) is 0 Å². The predicted molar refractivity (Wildman–Crippen MR) is 101 cm³/mol. The van der Waals surface area contributed by atoms with Gasteiger partial charge in [0.05, 0.1) is 5.56 Å². The van der Waals surface area contributed by atoms with Crippen LogP contribution in [0.2, 0.25) is 0 Å². The first-order chi connectivity index (χ1) is 12.0. The van der Waals surface area contributed by atoms with Crippen LogP contribution in [0.25, 0.3) is 0 Å². The fraction of sp³-hybridized carbons (Fsp3) is 0.300. The molecule has 0 bridgehead atoms. The first-order valence-electron chi connectivity index (χ1n) is 8.49. The number of carbonyl (C=O) groups excluding carboxylic acids is 2. The highest BCUT2D eigenvalue weighted by molar-refractivity contribution is 7.80. The lowest BCUT2D eigenvalue weighted by atomic mass is 10.0. The van der Waals surface area contributed by atoms with Gasteiger partial charge in [-0.1, -0.05) is 29.8 Å². The predicted octanol–water partition coefficient (Wildman–Crippen LogP) is 3.32. The van der Waals surface area contributed by atoms with E-state index < -0.39 is 0 Å². The van der Waals surface area contributed by atoms with E-state index in [1.165, 1.54) is 0 Å². The summed E-state index contributed by atoms with van der Waals surface area (Å²) in [6.07, 6.45) is 1.52. The van der Waals surface area contributed by atoms with Crippen LogP contribution in [0, 0.1) is 6.92 Å². The Kier molecular flexibility index (Phi) is 5.43. The largest absolute Gasteiger partial charge is 0.349 e.